The minimum Gasteiger partial charge on any atom is -0.356 e. The van der Waals surface area contributed by atoms with Crippen molar-refractivity contribution in [3.05, 3.63) is 41.0 Å². The predicted octanol–water partition coefficient (Wildman–Crippen LogP) is 2.89. The van der Waals surface area contributed by atoms with Crippen molar-refractivity contribution in [1.82, 2.24) is 20.7 Å². The fourth-order valence-electron chi connectivity index (χ4n) is 3.63. The first-order chi connectivity index (χ1) is 12.2. The molecule has 7 heteroatoms. The van der Waals surface area contributed by atoms with Crippen molar-refractivity contribution in [2.45, 2.75) is 25.4 Å². The number of piperidine rings is 1. The molecule has 2 bridgehead atoms. The summed E-state index contributed by atoms with van der Waals surface area (Å²) in [5.74, 6) is 1.16. The van der Waals surface area contributed by atoms with Crippen molar-refractivity contribution in [2.24, 2.45) is 5.92 Å². The molecule has 0 radical (unpaired) electrons. The smallest absolute Gasteiger partial charge is 0.318 e. The molecular weight excluding hydrogens is 340 g/mol. The summed E-state index contributed by atoms with van der Waals surface area (Å²) >= 11 is 6.18. The van der Waals surface area contributed by atoms with E-state index in [1.165, 1.54) is 6.42 Å². The third-order valence-corrected chi connectivity index (χ3v) is 5.33. The number of rotatable bonds is 3. The molecule has 3 aliphatic heterocycles. The molecule has 3 saturated heterocycles. The average molecular weight is 361 g/mol. The third kappa shape index (κ3) is 3.50. The quantitative estimate of drug-likeness (QED) is 0.883. The number of nitrogens with one attached hydrogen (secondary N) is 2. The number of benzene rings is 1. The molecule has 2 atom stereocenters. The number of fused-ring (bicyclic) bond motifs is 4. The third-order valence-electron chi connectivity index (χ3n) is 5.00. The van der Waals surface area contributed by atoms with Crippen molar-refractivity contribution >= 4 is 17.6 Å². The SMILES string of the molecule is O=C(NCc1cc(-c2ccccc2Cl)on1)N1C[C@@H]2CC[C@H]1CNC2. The number of aromatic nitrogens is 1. The first-order valence-electron chi connectivity index (χ1n) is 8.66. The number of carbonyl (C=O) groups is 1. The number of hydrogen-bond donors (Lipinski definition) is 2. The summed E-state index contributed by atoms with van der Waals surface area (Å²) in [5, 5.41) is 11.0. The van der Waals surface area contributed by atoms with Crippen LogP contribution in [-0.2, 0) is 6.54 Å². The van der Waals surface area contributed by atoms with Crippen LogP contribution in [0.15, 0.2) is 34.9 Å². The van der Waals surface area contributed by atoms with Gasteiger partial charge in [-0.2, -0.15) is 0 Å². The summed E-state index contributed by atoms with van der Waals surface area (Å²) < 4.78 is 5.37. The highest BCUT2D eigenvalue weighted by Gasteiger charge is 2.34. The van der Waals surface area contributed by atoms with Crippen LogP contribution in [0.3, 0.4) is 0 Å². The van der Waals surface area contributed by atoms with Crippen molar-refractivity contribution in [3.63, 3.8) is 0 Å². The van der Waals surface area contributed by atoms with Gasteiger partial charge in [-0.05, 0) is 37.4 Å². The Labute approximate surface area is 151 Å². The number of amides is 2. The molecule has 0 spiro atoms. The summed E-state index contributed by atoms with van der Waals surface area (Å²) in [7, 11) is 0. The second-order valence-electron chi connectivity index (χ2n) is 6.73. The zero-order valence-corrected chi connectivity index (χ0v) is 14.6. The summed E-state index contributed by atoms with van der Waals surface area (Å²) in [6, 6.07) is 9.53. The van der Waals surface area contributed by atoms with Crippen molar-refractivity contribution in [2.75, 3.05) is 19.6 Å². The Morgan fingerprint density at radius 2 is 2.24 bits per heavy atom. The summed E-state index contributed by atoms with van der Waals surface area (Å²) in [5.41, 5.74) is 1.48. The van der Waals surface area contributed by atoms with E-state index in [0.717, 1.165) is 31.6 Å². The number of hydrogen-bond acceptors (Lipinski definition) is 4. The van der Waals surface area contributed by atoms with Crippen LogP contribution in [0, 0.1) is 5.92 Å². The lowest BCUT2D eigenvalue weighted by Crippen LogP contribution is -2.51. The highest BCUT2D eigenvalue weighted by atomic mass is 35.5. The van der Waals surface area contributed by atoms with E-state index in [0.29, 0.717) is 28.9 Å². The lowest BCUT2D eigenvalue weighted by molar-refractivity contribution is 0.142. The highest BCUT2D eigenvalue weighted by Crippen LogP contribution is 2.28. The average Bonchev–Trinajstić information content (AvgIpc) is 2.85. The lowest BCUT2D eigenvalue weighted by atomic mass is 9.95. The molecule has 0 saturated carbocycles. The zero-order chi connectivity index (χ0) is 17.2. The molecule has 0 aliphatic carbocycles. The molecule has 0 unspecified atom stereocenters. The van der Waals surface area contributed by atoms with Crippen molar-refractivity contribution in [3.8, 4) is 11.3 Å². The second kappa shape index (κ2) is 7.06. The summed E-state index contributed by atoms with van der Waals surface area (Å²) in [6.07, 6.45) is 2.28. The molecule has 132 valence electrons. The molecule has 5 rings (SSSR count). The van der Waals surface area contributed by atoms with Crippen LogP contribution in [0.4, 0.5) is 4.79 Å². The van der Waals surface area contributed by atoms with E-state index in [2.05, 4.69) is 15.8 Å². The second-order valence-corrected chi connectivity index (χ2v) is 7.14. The Balaban J connectivity index is 1.39. The van der Waals surface area contributed by atoms with Gasteiger partial charge in [-0.3, -0.25) is 0 Å². The molecule has 3 fully saturated rings. The van der Waals surface area contributed by atoms with Gasteiger partial charge in [0.25, 0.3) is 0 Å². The minimum atomic E-state index is -0.0271. The van der Waals surface area contributed by atoms with Gasteiger partial charge in [0.05, 0.1) is 11.6 Å². The first-order valence-corrected chi connectivity index (χ1v) is 9.04. The van der Waals surface area contributed by atoms with E-state index in [1.807, 2.05) is 35.2 Å². The molecule has 3 aliphatic rings. The molecular formula is C18H21ClN4O2. The molecule has 2 amide bonds. The Hall–Kier alpha value is -2.05. The number of halogens is 1. The van der Waals surface area contributed by atoms with E-state index in [4.69, 9.17) is 16.1 Å². The molecule has 2 N–H and O–H groups in total. The molecule has 6 nitrogen and oxygen atoms in total. The van der Waals surface area contributed by atoms with Gasteiger partial charge in [0.1, 0.15) is 5.69 Å². The van der Waals surface area contributed by atoms with Gasteiger partial charge >= 0.3 is 6.03 Å². The van der Waals surface area contributed by atoms with Crippen LogP contribution in [0.25, 0.3) is 11.3 Å². The Bertz CT molecular complexity index is 759. The van der Waals surface area contributed by atoms with E-state index in [-0.39, 0.29) is 12.1 Å². The zero-order valence-electron chi connectivity index (χ0n) is 13.9. The van der Waals surface area contributed by atoms with Crippen molar-refractivity contribution < 1.29 is 9.32 Å². The van der Waals surface area contributed by atoms with Crippen LogP contribution >= 0.6 is 11.6 Å². The van der Waals surface area contributed by atoms with Crippen LogP contribution < -0.4 is 10.6 Å². The van der Waals surface area contributed by atoms with E-state index in [1.54, 1.807) is 0 Å². The van der Waals surface area contributed by atoms with Gasteiger partial charge in [0.15, 0.2) is 5.76 Å². The van der Waals surface area contributed by atoms with Gasteiger partial charge in [0.2, 0.25) is 0 Å². The maximum Gasteiger partial charge on any atom is 0.318 e. The highest BCUT2D eigenvalue weighted by molar-refractivity contribution is 6.33. The van der Waals surface area contributed by atoms with Crippen LogP contribution in [0.2, 0.25) is 5.02 Å². The van der Waals surface area contributed by atoms with Gasteiger partial charge in [-0.15, -0.1) is 0 Å². The molecule has 4 heterocycles. The lowest BCUT2D eigenvalue weighted by Gasteiger charge is -2.36. The maximum absolute atomic E-state index is 12.6. The monoisotopic (exact) mass is 360 g/mol. The number of nitrogens with zero attached hydrogens (tertiary/aromatic N) is 2. The summed E-state index contributed by atoms with van der Waals surface area (Å²) in [4.78, 5) is 14.5. The Morgan fingerprint density at radius 1 is 1.36 bits per heavy atom. The number of carbonyl (C=O) groups excluding carboxylic acids is 1. The van der Waals surface area contributed by atoms with E-state index in [9.17, 15) is 4.79 Å². The fourth-order valence-corrected chi connectivity index (χ4v) is 3.86. The molecule has 1 aromatic carbocycles. The maximum atomic E-state index is 12.6. The van der Waals surface area contributed by atoms with Crippen molar-refractivity contribution in [1.29, 1.82) is 0 Å². The molecule has 1 aromatic heterocycles. The van der Waals surface area contributed by atoms with Crippen LogP contribution in [0.1, 0.15) is 18.5 Å². The number of urea groups is 1. The van der Waals surface area contributed by atoms with Gasteiger partial charge in [0, 0.05) is 30.8 Å². The summed E-state index contributed by atoms with van der Waals surface area (Å²) in [6.45, 7) is 3.05. The van der Waals surface area contributed by atoms with Crippen LogP contribution in [-0.4, -0.2) is 41.8 Å². The minimum absolute atomic E-state index is 0.0271. The molecule has 25 heavy (non-hydrogen) atoms. The van der Waals surface area contributed by atoms with E-state index >= 15 is 0 Å². The first kappa shape index (κ1) is 16.4. The standard InChI is InChI=1S/C18H21ClN4O2/c19-16-4-2-1-3-15(16)17-7-13(22-25-17)9-21-18(24)23-11-12-5-6-14(23)10-20-8-12/h1-4,7,12,14,20H,5-6,8-11H2,(H,21,24)/t12-,14+/m1/s1. The topological polar surface area (TPSA) is 70.4 Å². The normalized spacial score (nSPS) is 22.7. The fraction of sp³-hybridized carbons (Fsp3) is 0.444. The Morgan fingerprint density at radius 3 is 3.12 bits per heavy atom. The van der Waals surface area contributed by atoms with Crippen LogP contribution in [0.5, 0.6) is 0 Å². The largest absolute Gasteiger partial charge is 0.356 e. The van der Waals surface area contributed by atoms with Gasteiger partial charge in [-0.1, -0.05) is 28.9 Å². The van der Waals surface area contributed by atoms with Gasteiger partial charge in [-0.25, -0.2) is 4.79 Å². The van der Waals surface area contributed by atoms with Gasteiger partial charge < -0.3 is 20.1 Å². The molecule has 2 aromatic rings. The van der Waals surface area contributed by atoms with E-state index < -0.39 is 0 Å². The Kier molecular flexibility index (Phi) is 4.63. The predicted molar refractivity (Wildman–Crippen MR) is 95.3 cm³/mol.